The molecule has 1 aliphatic heterocycles. The first-order chi connectivity index (χ1) is 12.8. The number of piperidine rings is 1. The molecule has 0 saturated carbocycles. The predicted octanol–water partition coefficient (Wildman–Crippen LogP) is 4.42. The predicted molar refractivity (Wildman–Crippen MR) is 105 cm³/mol. The van der Waals surface area contributed by atoms with Crippen LogP contribution in [-0.4, -0.2) is 35.2 Å². The molecule has 2 aromatic heterocycles. The zero-order valence-electron chi connectivity index (χ0n) is 15.1. The van der Waals surface area contributed by atoms with Crippen molar-refractivity contribution >= 4 is 17.0 Å². The summed E-state index contributed by atoms with van der Waals surface area (Å²) in [7, 11) is 2.08. The van der Waals surface area contributed by atoms with Crippen molar-refractivity contribution in [3.05, 3.63) is 53.2 Å². The van der Waals surface area contributed by atoms with Gasteiger partial charge in [-0.1, -0.05) is 23.4 Å². The van der Waals surface area contributed by atoms with Crippen LogP contribution in [0.15, 0.2) is 46.3 Å². The van der Waals surface area contributed by atoms with Crippen molar-refractivity contribution < 1.29 is 4.52 Å². The Hall–Kier alpha value is -2.18. The van der Waals surface area contributed by atoms with Crippen molar-refractivity contribution in [3.63, 3.8) is 0 Å². The van der Waals surface area contributed by atoms with E-state index in [0.717, 1.165) is 11.4 Å². The zero-order valence-corrected chi connectivity index (χ0v) is 15.9. The van der Waals surface area contributed by atoms with Crippen LogP contribution < -0.4 is 4.90 Å². The topological polar surface area (TPSA) is 45.4 Å². The second-order valence-electron chi connectivity index (χ2n) is 6.88. The van der Waals surface area contributed by atoms with Crippen molar-refractivity contribution in [2.45, 2.75) is 32.4 Å². The van der Waals surface area contributed by atoms with E-state index in [1.807, 2.05) is 17.5 Å². The molecule has 5 nitrogen and oxygen atoms in total. The smallest absolute Gasteiger partial charge is 0.241 e. The fourth-order valence-electron chi connectivity index (χ4n) is 3.39. The summed E-state index contributed by atoms with van der Waals surface area (Å²) in [4.78, 5) is 10.2. The first-order valence-corrected chi connectivity index (χ1v) is 10.0. The highest BCUT2D eigenvalue weighted by molar-refractivity contribution is 7.13. The maximum Gasteiger partial charge on any atom is 0.241 e. The molecule has 26 heavy (non-hydrogen) atoms. The molecule has 0 N–H and O–H groups in total. The van der Waals surface area contributed by atoms with Gasteiger partial charge in [-0.3, -0.25) is 4.90 Å². The van der Waals surface area contributed by atoms with Crippen LogP contribution in [0.1, 0.15) is 30.7 Å². The number of thiophene rings is 1. The van der Waals surface area contributed by atoms with E-state index in [1.54, 1.807) is 11.3 Å². The quantitative estimate of drug-likeness (QED) is 0.644. The summed E-state index contributed by atoms with van der Waals surface area (Å²) in [5, 5.41) is 6.09. The average Bonchev–Trinajstić information content (AvgIpc) is 3.35. The number of nitrogens with zero attached hydrogens (tertiary/aromatic N) is 4. The van der Waals surface area contributed by atoms with E-state index in [0.29, 0.717) is 18.3 Å². The third-order valence-electron chi connectivity index (χ3n) is 4.72. The minimum Gasteiger partial charge on any atom is -0.372 e. The highest BCUT2D eigenvalue weighted by Crippen LogP contribution is 2.22. The molecule has 3 aromatic rings. The highest BCUT2D eigenvalue weighted by atomic mass is 32.1. The van der Waals surface area contributed by atoms with Gasteiger partial charge in [0.2, 0.25) is 11.7 Å². The number of hydrogen-bond acceptors (Lipinski definition) is 6. The maximum absolute atomic E-state index is 5.39. The molecule has 0 atom stereocenters. The number of benzene rings is 1. The number of hydrogen-bond donors (Lipinski definition) is 0. The van der Waals surface area contributed by atoms with E-state index in [4.69, 9.17) is 4.52 Å². The summed E-state index contributed by atoms with van der Waals surface area (Å²) < 4.78 is 5.39. The Kier molecular flexibility index (Phi) is 5.32. The van der Waals surface area contributed by atoms with Gasteiger partial charge in [0.05, 0.1) is 11.4 Å². The molecule has 1 saturated heterocycles. The first kappa shape index (κ1) is 17.2. The van der Waals surface area contributed by atoms with Crippen LogP contribution in [0.3, 0.4) is 0 Å². The molecule has 0 unspecified atom stereocenters. The van der Waals surface area contributed by atoms with Crippen molar-refractivity contribution in [3.8, 4) is 10.7 Å². The lowest BCUT2D eigenvalue weighted by Gasteiger charge is -2.29. The van der Waals surface area contributed by atoms with Crippen molar-refractivity contribution in [1.82, 2.24) is 15.0 Å². The van der Waals surface area contributed by atoms with Gasteiger partial charge in [-0.2, -0.15) is 4.98 Å². The van der Waals surface area contributed by atoms with E-state index in [9.17, 15) is 0 Å². The van der Waals surface area contributed by atoms with E-state index < -0.39 is 0 Å². The molecule has 0 spiro atoms. The van der Waals surface area contributed by atoms with Crippen LogP contribution in [0.25, 0.3) is 10.7 Å². The van der Waals surface area contributed by atoms with E-state index in [-0.39, 0.29) is 0 Å². The third kappa shape index (κ3) is 4.14. The van der Waals surface area contributed by atoms with Gasteiger partial charge in [0, 0.05) is 25.3 Å². The van der Waals surface area contributed by atoms with Gasteiger partial charge in [0.1, 0.15) is 0 Å². The SMILES string of the molecule is CN(Cc1ccc(N2CCCCC2)cc1)Cc1nc(-c2cccs2)no1. The van der Waals surface area contributed by atoms with Crippen LogP contribution >= 0.6 is 11.3 Å². The average molecular weight is 369 g/mol. The molecule has 3 heterocycles. The van der Waals surface area contributed by atoms with Crippen molar-refractivity contribution in [2.75, 3.05) is 25.0 Å². The molecule has 1 aliphatic rings. The van der Waals surface area contributed by atoms with Gasteiger partial charge in [0.15, 0.2) is 0 Å². The zero-order chi connectivity index (χ0) is 17.8. The fourth-order valence-corrected chi connectivity index (χ4v) is 4.04. The Balaban J connectivity index is 1.33. The second-order valence-corrected chi connectivity index (χ2v) is 7.82. The lowest BCUT2D eigenvalue weighted by Crippen LogP contribution is -2.29. The second kappa shape index (κ2) is 8.01. The van der Waals surface area contributed by atoms with Crippen LogP contribution in [0.2, 0.25) is 0 Å². The summed E-state index contributed by atoms with van der Waals surface area (Å²) in [5.41, 5.74) is 2.64. The van der Waals surface area contributed by atoms with E-state index in [2.05, 4.69) is 51.3 Å². The molecule has 0 radical (unpaired) electrons. The standard InChI is InChI=1S/C20H24N4OS/c1-23(15-19-21-20(22-25-19)18-6-5-13-26-18)14-16-7-9-17(10-8-16)24-11-3-2-4-12-24/h5-10,13H,2-4,11-12,14-15H2,1H3. The Morgan fingerprint density at radius 2 is 1.88 bits per heavy atom. The molecule has 4 rings (SSSR count). The maximum atomic E-state index is 5.39. The molecule has 1 fully saturated rings. The number of rotatable bonds is 6. The molecule has 0 bridgehead atoms. The molecule has 1 aromatic carbocycles. The molecule has 0 aliphatic carbocycles. The van der Waals surface area contributed by atoms with Crippen molar-refractivity contribution in [2.24, 2.45) is 0 Å². The number of anilines is 1. The van der Waals surface area contributed by atoms with Gasteiger partial charge >= 0.3 is 0 Å². The van der Waals surface area contributed by atoms with Gasteiger partial charge in [-0.05, 0) is 55.5 Å². The Labute approximate surface area is 158 Å². The van der Waals surface area contributed by atoms with Gasteiger partial charge < -0.3 is 9.42 Å². The summed E-state index contributed by atoms with van der Waals surface area (Å²) >= 11 is 1.62. The first-order valence-electron chi connectivity index (χ1n) is 9.17. The summed E-state index contributed by atoms with van der Waals surface area (Å²) in [5.74, 6) is 1.33. The van der Waals surface area contributed by atoms with E-state index in [1.165, 1.54) is 43.6 Å². The largest absolute Gasteiger partial charge is 0.372 e. The molecule has 136 valence electrons. The van der Waals surface area contributed by atoms with E-state index >= 15 is 0 Å². The minimum atomic E-state index is 0.645. The summed E-state index contributed by atoms with van der Waals surface area (Å²) in [6.45, 7) is 3.87. The van der Waals surface area contributed by atoms with Crippen LogP contribution in [0, 0.1) is 0 Å². The lowest BCUT2D eigenvalue weighted by molar-refractivity contribution is 0.261. The van der Waals surface area contributed by atoms with Crippen LogP contribution in [0.4, 0.5) is 5.69 Å². The summed E-state index contributed by atoms with van der Waals surface area (Å²) in [6.07, 6.45) is 3.98. The van der Waals surface area contributed by atoms with Crippen LogP contribution in [0.5, 0.6) is 0 Å². The fraction of sp³-hybridized carbons (Fsp3) is 0.400. The third-order valence-corrected chi connectivity index (χ3v) is 5.59. The van der Waals surface area contributed by atoms with Gasteiger partial charge in [0.25, 0.3) is 0 Å². The lowest BCUT2D eigenvalue weighted by atomic mass is 10.1. The molecule has 6 heteroatoms. The normalized spacial score (nSPS) is 14.9. The summed E-state index contributed by atoms with van der Waals surface area (Å²) in [6, 6.07) is 12.9. The minimum absolute atomic E-state index is 0.645. The highest BCUT2D eigenvalue weighted by Gasteiger charge is 2.13. The molecule has 0 amide bonds. The van der Waals surface area contributed by atoms with Crippen molar-refractivity contribution in [1.29, 1.82) is 0 Å². The number of aromatic nitrogens is 2. The molecular weight excluding hydrogens is 344 g/mol. The Morgan fingerprint density at radius 3 is 2.62 bits per heavy atom. The van der Waals surface area contributed by atoms with Gasteiger partial charge in [-0.25, -0.2) is 0 Å². The molecular formula is C20H24N4OS. The monoisotopic (exact) mass is 368 g/mol. The van der Waals surface area contributed by atoms with Gasteiger partial charge in [-0.15, -0.1) is 11.3 Å². The Bertz CT molecular complexity index is 807. The van der Waals surface area contributed by atoms with Crippen LogP contribution in [-0.2, 0) is 13.1 Å². The Morgan fingerprint density at radius 1 is 1.08 bits per heavy atom.